The highest BCUT2D eigenvalue weighted by Crippen LogP contribution is 2.48. The molecule has 0 saturated carbocycles. The number of thioether (sulfide) groups is 1. The number of methoxy groups -OCH3 is 2. The Morgan fingerprint density at radius 2 is 1.69 bits per heavy atom. The van der Waals surface area contributed by atoms with E-state index in [9.17, 15) is 9.59 Å². The molecule has 1 saturated heterocycles. The van der Waals surface area contributed by atoms with E-state index >= 15 is 0 Å². The van der Waals surface area contributed by atoms with Crippen molar-refractivity contribution >= 4 is 23.6 Å². The standard InChI is InChI=1S/C24H31N3O4S/c1-27(2)15-5-14-25-23(29)24(32-20-12-10-19(31-4)11-13-20)16-21(28)26-22(24)17-6-8-18(30-3)9-7-17/h6-13,22H,5,14-16H2,1-4H3,(H,25,29)(H,26,28)/t22-,24-/m1/s1. The molecular weight excluding hydrogens is 426 g/mol. The van der Waals surface area contributed by atoms with Crippen LogP contribution in [0, 0.1) is 0 Å². The number of amides is 2. The van der Waals surface area contributed by atoms with Crippen molar-refractivity contribution in [3.63, 3.8) is 0 Å². The van der Waals surface area contributed by atoms with Gasteiger partial charge in [0.25, 0.3) is 0 Å². The second-order valence-electron chi connectivity index (χ2n) is 8.03. The van der Waals surface area contributed by atoms with Gasteiger partial charge in [0, 0.05) is 11.4 Å². The summed E-state index contributed by atoms with van der Waals surface area (Å²) in [5, 5.41) is 6.11. The molecule has 0 radical (unpaired) electrons. The minimum absolute atomic E-state index is 0.0971. The second kappa shape index (κ2) is 10.7. The van der Waals surface area contributed by atoms with Crippen molar-refractivity contribution < 1.29 is 19.1 Å². The molecule has 0 aliphatic carbocycles. The van der Waals surface area contributed by atoms with Crippen LogP contribution in [0.5, 0.6) is 11.5 Å². The highest BCUT2D eigenvalue weighted by atomic mass is 32.2. The molecule has 1 fully saturated rings. The zero-order valence-corrected chi connectivity index (χ0v) is 19.8. The van der Waals surface area contributed by atoms with Crippen LogP contribution in [0.1, 0.15) is 24.4 Å². The van der Waals surface area contributed by atoms with Crippen molar-refractivity contribution in [3.8, 4) is 11.5 Å². The predicted molar refractivity (Wildman–Crippen MR) is 126 cm³/mol. The van der Waals surface area contributed by atoms with E-state index in [4.69, 9.17) is 9.47 Å². The van der Waals surface area contributed by atoms with Crippen LogP contribution in [0.2, 0.25) is 0 Å². The monoisotopic (exact) mass is 457 g/mol. The zero-order chi connectivity index (χ0) is 23.1. The lowest BCUT2D eigenvalue weighted by Gasteiger charge is -2.33. The highest BCUT2D eigenvalue weighted by Gasteiger charge is 2.54. The Morgan fingerprint density at radius 3 is 2.25 bits per heavy atom. The van der Waals surface area contributed by atoms with Gasteiger partial charge in [-0.25, -0.2) is 0 Å². The molecule has 2 aromatic rings. The van der Waals surface area contributed by atoms with Gasteiger partial charge in [-0.3, -0.25) is 9.59 Å². The summed E-state index contributed by atoms with van der Waals surface area (Å²) in [5.41, 5.74) is 0.862. The van der Waals surface area contributed by atoms with E-state index < -0.39 is 10.8 Å². The second-order valence-corrected chi connectivity index (χ2v) is 9.43. The number of ether oxygens (including phenoxy) is 2. The normalized spacial score (nSPS) is 20.2. The topological polar surface area (TPSA) is 79.9 Å². The molecule has 0 spiro atoms. The van der Waals surface area contributed by atoms with Gasteiger partial charge < -0.3 is 25.0 Å². The summed E-state index contributed by atoms with van der Waals surface area (Å²) in [7, 11) is 7.23. The van der Waals surface area contributed by atoms with Gasteiger partial charge in [-0.05, 0) is 69.0 Å². The minimum Gasteiger partial charge on any atom is -0.497 e. The summed E-state index contributed by atoms with van der Waals surface area (Å²) in [6, 6.07) is 14.6. The summed E-state index contributed by atoms with van der Waals surface area (Å²) in [5.74, 6) is 1.18. The lowest BCUT2D eigenvalue weighted by Crippen LogP contribution is -2.48. The van der Waals surface area contributed by atoms with Crippen molar-refractivity contribution in [2.24, 2.45) is 0 Å². The molecular formula is C24H31N3O4S. The van der Waals surface area contributed by atoms with Crippen LogP contribution in [0.3, 0.4) is 0 Å². The molecule has 3 rings (SSSR count). The van der Waals surface area contributed by atoms with Crippen LogP contribution in [-0.4, -0.2) is 62.9 Å². The number of benzene rings is 2. The third-order valence-corrected chi connectivity index (χ3v) is 6.89. The molecule has 2 atom stereocenters. The Kier molecular flexibility index (Phi) is 8.04. The van der Waals surface area contributed by atoms with Crippen molar-refractivity contribution in [1.82, 2.24) is 15.5 Å². The first-order valence-corrected chi connectivity index (χ1v) is 11.4. The van der Waals surface area contributed by atoms with Crippen LogP contribution in [0.4, 0.5) is 0 Å². The average Bonchev–Trinajstić information content (AvgIpc) is 3.14. The zero-order valence-electron chi connectivity index (χ0n) is 19.0. The molecule has 1 aliphatic rings. The smallest absolute Gasteiger partial charge is 0.239 e. The molecule has 0 aromatic heterocycles. The lowest BCUT2D eigenvalue weighted by atomic mass is 9.92. The van der Waals surface area contributed by atoms with Gasteiger partial charge in [0.1, 0.15) is 16.2 Å². The lowest BCUT2D eigenvalue weighted by molar-refractivity contribution is -0.125. The molecule has 0 unspecified atom stereocenters. The number of carbonyl (C=O) groups excluding carboxylic acids is 2. The third kappa shape index (κ3) is 5.55. The van der Waals surface area contributed by atoms with Gasteiger partial charge in [0.15, 0.2) is 0 Å². The number of nitrogens with one attached hydrogen (secondary N) is 2. The molecule has 1 aliphatic heterocycles. The molecule has 2 aromatic carbocycles. The molecule has 172 valence electrons. The van der Waals surface area contributed by atoms with Crippen LogP contribution < -0.4 is 20.1 Å². The predicted octanol–water partition coefficient (Wildman–Crippen LogP) is 2.86. The summed E-state index contributed by atoms with van der Waals surface area (Å²) in [6.45, 7) is 1.42. The summed E-state index contributed by atoms with van der Waals surface area (Å²) in [6.07, 6.45) is 0.927. The van der Waals surface area contributed by atoms with Crippen molar-refractivity contribution in [2.45, 2.75) is 28.5 Å². The maximum atomic E-state index is 13.6. The van der Waals surface area contributed by atoms with Crippen LogP contribution in [0.25, 0.3) is 0 Å². The quantitative estimate of drug-likeness (QED) is 0.534. The van der Waals surface area contributed by atoms with Gasteiger partial charge >= 0.3 is 0 Å². The van der Waals surface area contributed by atoms with E-state index in [0.717, 1.165) is 34.9 Å². The first kappa shape index (κ1) is 23.9. The van der Waals surface area contributed by atoms with E-state index in [2.05, 4.69) is 15.5 Å². The minimum atomic E-state index is -1.02. The van der Waals surface area contributed by atoms with Crippen molar-refractivity contribution in [1.29, 1.82) is 0 Å². The molecule has 0 bridgehead atoms. The fourth-order valence-corrected chi connectivity index (χ4v) is 5.15. The van der Waals surface area contributed by atoms with E-state index in [1.165, 1.54) is 11.8 Å². The number of hydrogen-bond acceptors (Lipinski definition) is 6. The number of hydrogen-bond donors (Lipinski definition) is 2. The summed E-state index contributed by atoms with van der Waals surface area (Å²) in [4.78, 5) is 29.2. The number of nitrogens with zero attached hydrogens (tertiary/aromatic N) is 1. The maximum absolute atomic E-state index is 13.6. The first-order chi connectivity index (χ1) is 15.4. The molecule has 8 heteroatoms. The molecule has 32 heavy (non-hydrogen) atoms. The van der Waals surface area contributed by atoms with Crippen molar-refractivity contribution in [3.05, 3.63) is 54.1 Å². The summed E-state index contributed by atoms with van der Waals surface area (Å²) < 4.78 is 9.51. The van der Waals surface area contributed by atoms with Gasteiger partial charge in [-0.1, -0.05) is 12.1 Å². The Balaban J connectivity index is 1.92. The van der Waals surface area contributed by atoms with Gasteiger partial charge in [-0.2, -0.15) is 0 Å². The fourth-order valence-electron chi connectivity index (χ4n) is 3.77. The van der Waals surface area contributed by atoms with Crippen LogP contribution in [0.15, 0.2) is 53.4 Å². The first-order valence-electron chi connectivity index (χ1n) is 10.6. The highest BCUT2D eigenvalue weighted by molar-refractivity contribution is 8.01. The molecule has 2 amide bonds. The average molecular weight is 458 g/mol. The summed E-state index contributed by atoms with van der Waals surface area (Å²) >= 11 is 1.41. The largest absolute Gasteiger partial charge is 0.497 e. The molecule has 7 nitrogen and oxygen atoms in total. The Hall–Kier alpha value is -2.71. The molecule has 1 heterocycles. The van der Waals surface area contributed by atoms with Crippen LogP contribution in [-0.2, 0) is 9.59 Å². The van der Waals surface area contributed by atoms with E-state index in [1.807, 2.05) is 62.6 Å². The van der Waals surface area contributed by atoms with Gasteiger partial charge in [0.2, 0.25) is 11.8 Å². The van der Waals surface area contributed by atoms with Crippen LogP contribution >= 0.6 is 11.8 Å². The SMILES string of the molecule is COc1ccc(S[C@]2(C(=O)NCCCN(C)C)CC(=O)N[C@@H]2c2ccc(OC)cc2)cc1. The Morgan fingerprint density at radius 1 is 1.09 bits per heavy atom. The van der Waals surface area contributed by atoms with Gasteiger partial charge in [0.05, 0.1) is 26.7 Å². The Labute approximate surface area is 193 Å². The van der Waals surface area contributed by atoms with Gasteiger partial charge in [-0.15, -0.1) is 11.8 Å². The number of rotatable bonds is 10. The fraction of sp³-hybridized carbons (Fsp3) is 0.417. The van der Waals surface area contributed by atoms with Crippen molar-refractivity contribution in [2.75, 3.05) is 41.4 Å². The van der Waals surface area contributed by atoms with E-state index in [-0.39, 0.29) is 18.2 Å². The third-order valence-electron chi connectivity index (χ3n) is 5.46. The number of carbonyl (C=O) groups is 2. The maximum Gasteiger partial charge on any atom is 0.239 e. The van der Waals surface area contributed by atoms with E-state index in [0.29, 0.717) is 6.54 Å². The van der Waals surface area contributed by atoms with E-state index in [1.54, 1.807) is 14.2 Å². The Bertz CT molecular complexity index is 918. The molecule has 2 N–H and O–H groups in total.